The maximum Gasteiger partial charge on any atom is 0.226 e. The van der Waals surface area contributed by atoms with E-state index in [-0.39, 0.29) is 17.8 Å². The molecule has 5 nitrogen and oxygen atoms in total. The van der Waals surface area contributed by atoms with Crippen molar-refractivity contribution < 1.29 is 18.7 Å². The lowest BCUT2D eigenvalue weighted by Gasteiger charge is -2.36. The second kappa shape index (κ2) is 9.56. The second-order valence-corrected chi connectivity index (χ2v) is 8.41. The molecule has 2 heterocycles. The van der Waals surface area contributed by atoms with E-state index >= 15 is 0 Å². The van der Waals surface area contributed by atoms with E-state index in [1.165, 1.54) is 25.0 Å². The van der Waals surface area contributed by atoms with Crippen molar-refractivity contribution in [2.75, 3.05) is 13.2 Å². The summed E-state index contributed by atoms with van der Waals surface area (Å²) in [6.07, 6.45) is 8.42. The Balaban J connectivity index is 1.37. The van der Waals surface area contributed by atoms with Gasteiger partial charge in [-0.1, -0.05) is 18.2 Å². The first-order valence-electron chi connectivity index (χ1n) is 10.9. The average Bonchev–Trinajstić information content (AvgIpc) is 3.27. The van der Waals surface area contributed by atoms with Crippen LogP contribution in [0, 0.1) is 11.2 Å². The molecule has 160 valence electrons. The van der Waals surface area contributed by atoms with Crippen LogP contribution in [0.15, 0.2) is 42.6 Å². The lowest BCUT2D eigenvalue weighted by atomic mass is 9.74. The molecule has 1 aromatic heterocycles. The molecule has 0 spiro atoms. The van der Waals surface area contributed by atoms with E-state index in [0.29, 0.717) is 44.9 Å². The molecule has 1 saturated carbocycles. The van der Waals surface area contributed by atoms with Crippen LogP contribution in [0.25, 0.3) is 0 Å². The molecule has 2 aliphatic rings. The molecular weight excluding hydrogens is 383 g/mol. The van der Waals surface area contributed by atoms with Gasteiger partial charge in [-0.25, -0.2) is 9.37 Å². The third kappa shape index (κ3) is 5.17. The number of carbonyl (C=O) groups is 1. The van der Waals surface area contributed by atoms with Gasteiger partial charge in [-0.3, -0.25) is 4.79 Å². The summed E-state index contributed by atoms with van der Waals surface area (Å²) in [5, 5.41) is 3.07. The Morgan fingerprint density at radius 2 is 1.97 bits per heavy atom. The van der Waals surface area contributed by atoms with E-state index in [1.807, 2.05) is 18.2 Å². The molecule has 0 atom stereocenters. The predicted molar refractivity (Wildman–Crippen MR) is 112 cm³/mol. The van der Waals surface area contributed by atoms with E-state index in [2.05, 4.69) is 10.3 Å². The van der Waals surface area contributed by atoms with Crippen molar-refractivity contribution in [2.24, 2.45) is 5.41 Å². The third-order valence-electron chi connectivity index (χ3n) is 6.20. The molecule has 1 aromatic carbocycles. The number of halogens is 1. The molecule has 0 bridgehead atoms. The number of benzene rings is 1. The van der Waals surface area contributed by atoms with Crippen molar-refractivity contribution >= 4 is 5.91 Å². The van der Waals surface area contributed by atoms with Gasteiger partial charge in [0.25, 0.3) is 0 Å². The van der Waals surface area contributed by atoms with Crippen LogP contribution in [0.5, 0.6) is 5.88 Å². The lowest BCUT2D eigenvalue weighted by Crippen LogP contribution is -2.46. The summed E-state index contributed by atoms with van der Waals surface area (Å²) in [5.41, 5.74) is 1.18. The summed E-state index contributed by atoms with van der Waals surface area (Å²) in [6.45, 7) is 1.48. The van der Waals surface area contributed by atoms with Crippen molar-refractivity contribution in [1.82, 2.24) is 10.3 Å². The first kappa shape index (κ1) is 20.8. The zero-order valence-corrected chi connectivity index (χ0v) is 17.2. The van der Waals surface area contributed by atoms with Crippen LogP contribution in [0.1, 0.15) is 49.7 Å². The number of hydrogen-bond donors (Lipinski definition) is 1. The van der Waals surface area contributed by atoms with Gasteiger partial charge in [0.1, 0.15) is 11.9 Å². The van der Waals surface area contributed by atoms with Crippen LogP contribution in [-0.2, 0) is 22.5 Å². The maximum atomic E-state index is 13.6. The van der Waals surface area contributed by atoms with Crippen LogP contribution < -0.4 is 10.1 Å². The lowest BCUT2D eigenvalue weighted by molar-refractivity contribution is -0.136. The molecule has 1 aliphatic carbocycles. The number of nitrogens with zero attached hydrogens (tertiary/aromatic N) is 1. The Hall–Kier alpha value is -2.47. The number of amides is 1. The fourth-order valence-electron chi connectivity index (χ4n) is 4.42. The Morgan fingerprint density at radius 3 is 2.67 bits per heavy atom. The maximum absolute atomic E-state index is 13.6. The number of carbonyl (C=O) groups excluding carboxylic acids is 1. The fourth-order valence-corrected chi connectivity index (χ4v) is 4.42. The first-order valence-corrected chi connectivity index (χ1v) is 10.9. The standard InChI is InChI=1S/C24H29FN2O3/c25-20-5-3-4-18(14-20)15-24(10-12-29-13-11-24)23(28)27-17-19-8-9-22(26-16-19)30-21-6-1-2-7-21/h3-5,8-9,14,16,21H,1-2,6-7,10-13,15,17H2,(H,27,28). The molecule has 2 fully saturated rings. The second-order valence-electron chi connectivity index (χ2n) is 8.41. The van der Waals surface area contributed by atoms with Gasteiger partial charge < -0.3 is 14.8 Å². The van der Waals surface area contributed by atoms with Crippen molar-refractivity contribution in [2.45, 2.75) is 57.6 Å². The fraction of sp³-hybridized carbons (Fsp3) is 0.500. The third-order valence-corrected chi connectivity index (χ3v) is 6.20. The number of nitrogens with one attached hydrogen (secondary N) is 1. The molecule has 0 radical (unpaired) electrons. The van der Waals surface area contributed by atoms with Gasteiger partial charge in [0, 0.05) is 32.0 Å². The summed E-state index contributed by atoms with van der Waals surface area (Å²) in [7, 11) is 0. The van der Waals surface area contributed by atoms with Crippen molar-refractivity contribution in [3.05, 3.63) is 59.5 Å². The molecule has 1 saturated heterocycles. The van der Waals surface area contributed by atoms with Gasteiger partial charge in [0.2, 0.25) is 11.8 Å². The number of ether oxygens (including phenoxy) is 2. The largest absolute Gasteiger partial charge is 0.474 e. The molecule has 1 N–H and O–H groups in total. The Bertz CT molecular complexity index is 844. The van der Waals surface area contributed by atoms with E-state index in [9.17, 15) is 9.18 Å². The minimum absolute atomic E-state index is 0.0126. The van der Waals surface area contributed by atoms with Crippen LogP contribution in [0.2, 0.25) is 0 Å². The number of pyridine rings is 1. The van der Waals surface area contributed by atoms with Gasteiger partial charge in [0.15, 0.2) is 0 Å². The topological polar surface area (TPSA) is 60.5 Å². The van der Waals surface area contributed by atoms with Crippen molar-refractivity contribution in [3.8, 4) is 5.88 Å². The van der Waals surface area contributed by atoms with Crippen molar-refractivity contribution in [3.63, 3.8) is 0 Å². The van der Waals surface area contributed by atoms with Gasteiger partial charge in [-0.05, 0) is 68.2 Å². The Kier molecular flexibility index (Phi) is 6.62. The van der Waals surface area contributed by atoms with Gasteiger partial charge in [-0.2, -0.15) is 0 Å². The quantitative estimate of drug-likeness (QED) is 0.741. The van der Waals surface area contributed by atoms with Crippen LogP contribution in [0.3, 0.4) is 0 Å². The Labute approximate surface area is 177 Å². The molecular formula is C24H29FN2O3. The molecule has 6 heteroatoms. The highest BCUT2D eigenvalue weighted by atomic mass is 19.1. The highest BCUT2D eigenvalue weighted by molar-refractivity contribution is 5.83. The summed E-state index contributed by atoms with van der Waals surface area (Å²) < 4.78 is 25.0. The summed E-state index contributed by atoms with van der Waals surface area (Å²) in [6, 6.07) is 10.3. The molecule has 2 aromatic rings. The van der Waals surface area contributed by atoms with E-state index in [4.69, 9.17) is 9.47 Å². The minimum Gasteiger partial charge on any atom is -0.474 e. The predicted octanol–water partition coefficient (Wildman–Crippen LogP) is 4.20. The summed E-state index contributed by atoms with van der Waals surface area (Å²) >= 11 is 0. The molecule has 4 rings (SSSR count). The zero-order valence-electron chi connectivity index (χ0n) is 17.2. The molecule has 1 aliphatic heterocycles. The highest BCUT2D eigenvalue weighted by Crippen LogP contribution is 2.35. The van der Waals surface area contributed by atoms with Crippen molar-refractivity contribution in [1.29, 1.82) is 0 Å². The summed E-state index contributed by atoms with van der Waals surface area (Å²) in [5.74, 6) is 0.353. The summed E-state index contributed by atoms with van der Waals surface area (Å²) in [4.78, 5) is 17.6. The SMILES string of the molecule is O=C(NCc1ccc(OC2CCCC2)nc1)C1(Cc2cccc(F)c2)CCOCC1. The minimum atomic E-state index is -0.578. The monoisotopic (exact) mass is 412 g/mol. The van der Waals surface area contributed by atoms with E-state index < -0.39 is 5.41 Å². The first-order chi connectivity index (χ1) is 14.6. The number of rotatable bonds is 7. The van der Waals surface area contributed by atoms with Crippen LogP contribution >= 0.6 is 0 Å². The van der Waals surface area contributed by atoms with E-state index in [1.54, 1.807) is 12.3 Å². The van der Waals surface area contributed by atoms with Gasteiger partial charge >= 0.3 is 0 Å². The number of aromatic nitrogens is 1. The molecule has 30 heavy (non-hydrogen) atoms. The molecule has 1 amide bonds. The highest BCUT2D eigenvalue weighted by Gasteiger charge is 2.40. The van der Waals surface area contributed by atoms with E-state index in [0.717, 1.165) is 24.0 Å². The number of hydrogen-bond acceptors (Lipinski definition) is 4. The normalized spacial score (nSPS) is 18.8. The Morgan fingerprint density at radius 1 is 1.17 bits per heavy atom. The van der Waals surface area contributed by atoms with Gasteiger partial charge in [-0.15, -0.1) is 0 Å². The van der Waals surface area contributed by atoms with Gasteiger partial charge in [0.05, 0.1) is 5.41 Å². The van der Waals surface area contributed by atoms with Crippen LogP contribution in [-0.4, -0.2) is 30.2 Å². The van der Waals surface area contributed by atoms with Crippen LogP contribution in [0.4, 0.5) is 4.39 Å². The zero-order chi connectivity index (χ0) is 20.8. The average molecular weight is 413 g/mol. The smallest absolute Gasteiger partial charge is 0.226 e. The molecule has 0 unspecified atom stereocenters.